The lowest BCUT2D eigenvalue weighted by Crippen LogP contribution is -2.48. The number of aliphatic hydroxyl groups excluding tert-OH is 2. The second-order valence-corrected chi connectivity index (χ2v) is 5.52. The Morgan fingerprint density at radius 1 is 1.19 bits per heavy atom. The molecular weight excluding hydrogens is 272 g/mol. The van der Waals surface area contributed by atoms with Gasteiger partial charge in [0.05, 0.1) is 37.1 Å². The van der Waals surface area contributed by atoms with E-state index in [4.69, 9.17) is 9.47 Å². The molecule has 112 valence electrons. The van der Waals surface area contributed by atoms with Gasteiger partial charge in [0, 0.05) is 12.8 Å². The van der Waals surface area contributed by atoms with Gasteiger partial charge in [0.2, 0.25) is 0 Å². The Hall–Kier alpha value is -1.85. The molecule has 0 amide bonds. The maximum atomic E-state index is 12.6. The van der Waals surface area contributed by atoms with E-state index in [0.29, 0.717) is 17.7 Å². The molecule has 5 nitrogen and oxygen atoms in total. The van der Waals surface area contributed by atoms with E-state index >= 15 is 0 Å². The summed E-state index contributed by atoms with van der Waals surface area (Å²) in [5.74, 6) is -0.0199. The molecule has 1 aromatic rings. The Morgan fingerprint density at radius 2 is 1.90 bits per heavy atom. The first-order valence-corrected chi connectivity index (χ1v) is 7.00. The van der Waals surface area contributed by atoms with E-state index in [0.717, 1.165) is 5.56 Å². The van der Waals surface area contributed by atoms with Crippen molar-refractivity contribution in [2.24, 2.45) is 5.92 Å². The molecule has 2 N–H and O–H groups in total. The van der Waals surface area contributed by atoms with Crippen molar-refractivity contribution in [3.05, 3.63) is 36.1 Å². The fraction of sp³-hybridized carbons (Fsp3) is 0.438. The second kappa shape index (κ2) is 5.50. The van der Waals surface area contributed by atoms with Crippen LogP contribution in [0.15, 0.2) is 30.5 Å². The number of benzene rings is 1. The Bertz CT molecular complexity index is 563. The smallest absolute Gasteiger partial charge is 0.175 e. The highest BCUT2D eigenvalue weighted by Gasteiger charge is 2.45. The number of hydrogen-bond donors (Lipinski definition) is 2. The molecule has 0 spiro atoms. The van der Waals surface area contributed by atoms with Crippen LogP contribution in [0.4, 0.5) is 0 Å². The molecule has 1 aliphatic heterocycles. The molecule has 4 unspecified atom stereocenters. The summed E-state index contributed by atoms with van der Waals surface area (Å²) in [7, 11) is 1.58. The van der Waals surface area contributed by atoms with Gasteiger partial charge in [-0.1, -0.05) is 12.1 Å². The third-order valence-electron chi connectivity index (χ3n) is 4.16. The molecule has 1 fully saturated rings. The van der Waals surface area contributed by atoms with Gasteiger partial charge < -0.3 is 19.7 Å². The topological polar surface area (TPSA) is 76.0 Å². The number of carbonyl (C=O) groups excluding carboxylic acids is 1. The number of methoxy groups -OCH3 is 1. The van der Waals surface area contributed by atoms with Crippen molar-refractivity contribution in [2.75, 3.05) is 7.11 Å². The van der Waals surface area contributed by atoms with Gasteiger partial charge >= 0.3 is 0 Å². The van der Waals surface area contributed by atoms with Crippen LogP contribution in [0.2, 0.25) is 0 Å². The predicted molar refractivity (Wildman–Crippen MR) is 75.6 cm³/mol. The highest BCUT2D eigenvalue weighted by molar-refractivity contribution is 6.22. The number of aliphatic hydroxyl groups is 2. The molecule has 0 aromatic heterocycles. The van der Waals surface area contributed by atoms with Crippen LogP contribution in [0.3, 0.4) is 0 Å². The average molecular weight is 290 g/mol. The summed E-state index contributed by atoms with van der Waals surface area (Å²) in [5, 5.41) is 19.7. The van der Waals surface area contributed by atoms with Gasteiger partial charge in [-0.2, -0.15) is 0 Å². The number of hydrogen-bond acceptors (Lipinski definition) is 5. The summed E-state index contributed by atoms with van der Waals surface area (Å²) in [6.07, 6.45) is 0.0960. The highest BCUT2D eigenvalue weighted by Crippen LogP contribution is 2.36. The third kappa shape index (κ3) is 2.54. The largest absolute Gasteiger partial charge is 0.497 e. The van der Waals surface area contributed by atoms with Crippen molar-refractivity contribution in [1.29, 1.82) is 0 Å². The molecule has 2 aliphatic rings. The number of Topliss-reactive ketones (excluding diaryl/α,β-unsaturated/α-hetero) is 1. The summed E-state index contributed by atoms with van der Waals surface area (Å²) >= 11 is 0. The van der Waals surface area contributed by atoms with Gasteiger partial charge in [0.1, 0.15) is 11.9 Å². The molecule has 1 aliphatic carbocycles. The Morgan fingerprint density at radius 3 is 2.57 bits per heavy atom. The Balaban J connectivity index is 1.88. The molecule has 3 rings (SSSR count). The van der Waals surface area contributed by atoms with Gasteiger partial charge in [0.15, 0.2) is 5.78 Å². The molecule has 0 bridgehead atoms. The number of rotatable bonds is 2. The van der Waals surface area contributed by atoms with E-state index in [1.807, 2.05) is 0 Å². The van der Waals surface area contributed by atoms with E-state index in [9.17, 15) is 15.0 Å². The standard InChI is InChI=1S/C16H18O5/c1-20-11-4-2-9(3-5-11)12-8-21-14-7-10(17)6-13(18)15(14)16(12)19/h2-5,8,10,13-15,17-18H,6-7H2,1H3. The van der Waals surface area contributed by atoms with Crippen LogP contribution >= 0.6 is 0 Å². The number of allylic oxidation sites excluding steroid dienone is 1. The lowest BCUT2D eigenvalue weighted by Gasteiger charge is -2.39. The zero-order valence-electron chi connectivity index (χ0n) is 11.7. The first-order valence-electron chi connectivity index (χ1n) is 7.00. The monoisotopic (exact) mass is 290 g/mol. The molecule has 21 heavy (non-hydrogen) atoms. The molecular formula is C16H18O5. The van der Waals surface area contributed by atoms with Crippen molar-refractivity contribution in [2.45, 2.75) is 31.2 Å². The Labute approximate surface area is 122 Å². The lowest BCUT2D eigenvalue weighted by molar-refractivity contribution is -0.137. The second-order valence-electron chi connectivity index (χ2n) is 5.52. The van der Waals surface area contributed by atoms with Gasteiger partial charge in [-0.3, -0.25) is 4.79 Å². The van der Waals surface area contributed by atoms with Crippen molar-refractivity contribution in [1.82, 2.24) is 0 Å². The van der Waals surface area contributed by atoms with Crippen LogP contribution in [0, 0.1) is 5.92 Å². The van der Waals surface area contributed by atoms with Gasteiger partial charge in [-0.15, -0.1) is 0 Å². The Kier molecular flexibility index (Phi) is 3.69. The van der Waals surface area contributed by atoms with Gasteiger partial charge in [0.25, 0.3) is 0 Å². The fourth-order valence-electron chi connectivity index (χ4n) is 3.04. The molecule has 5 heteroatoms. The van der Waals surface area contributed by atoms with Crippen LogP contribution < -0.4 is 4.74 Å². The van der Waals surface area contributed by atoms with Crippen LogP contribution in [0.5, 0.6) is 5.75 Å². The maximum Gasteiger partial charge on any atom is 0.175 e. The third-order valence-corrected chi connectivity index (χ3v) is 4.16. The minimum atomic E-state index is -0.867. The average Bonchev–Trinajstić information content (AvgIpc) is 2.47. The first-order chi connectivity index (χ1) is 10.1. The van der Waals surface area contributed by atoms with Crippen molar-refractivity contribution < 1.29 is 24.5 Å². The summed E-state index contributed by atoms with van der Waals surface area (Å²) in [5.41, 5.74) is 1.19. The number of ketones is 1. The van der Waals surface area contributed by atoms with Crippen LogP contribution in [0.1, 0.15) is 18.4 Å². The molecule has 4 atom stereocenters. The minimum Gasteiger partial charge on any atom is -0.497 e. The highest BCUT2D eigenvalue weighted by atomic mass is 16.5. The van der Waals surface area contributed by atoms with Crippen LogP contribution in [-0.4, -0.2) is 41.4 Å². The zero-order valence-corrected chi connectivity index (χ0v) is 11.7. The molecule has 1 saturated carbocycles. The SMILES string of the molecule is COc1ccc(C2=COC3CC(O)CC(O)C3C2=O)cc1. The van der Waals surface area contributed by atoms with Crippen molar-refractivity contribution in [3.63, 3.8) is 0 Å². The summed E-state index contributed by atoms with van der Waals surface area (Å²) in [4.78, 5) is 12.6. The number of carbonyl (C=O) groups is 1. The van der Waals surface area contributed by atoms with E-state index in [2.05, 4.69) is 0 Å². The van der Waals surface area contributed by atoms with Crippen molar-refractivity contribution >= 4 is 11.4 Å². The first kappa shape index (κ1) is 14.1. The maximum absolute atomic E-state index is 12.6. The van der Waals surface area contributed by atoms with E-state index in [1.165, 1.54) is 6.26 Å². The quantitative estimate of drug-likeness (QED) is 0.854. The lowest BCUT2D eigenvalue weighted by atomic mass is 9.76. The molecule has 0 saturated heterocycles. The van der Waals surface area contributed by atoms with Gasteiger partial charge in [-0.05, 0) is 17.7 Å². The normalized spacial score (nSPS) is 32.0. The summed E-state index contributed by atoms with van der Waals surface area (Å²) < 4.78 is 10.7. The van der Waals surface area contributed by atoms with E-state index in [1.54, 1.807) is 31.4 Å². The van der Waals surface area contributed by atoms with Crippen molar-refractivity contribution in [3.8, 4) is 5.75 Å². The summed E-state index contributed by atoms with van der Waals surface area (Å²) in [6.45, 7) is 0. The summed E-state index contributed by atoms with van der Waals surface area (Å²) in [6, 6.07) is 7.12. The molecule has 1 aromatic carbocycles. The predicted octanol–water partition coefficient (Wildman–Crippen LogP) is 1.14. The van der Waals surface area contributed by atoms with E-state index < -0.39 is 24.2 Å². The number of ether oxygens (including phenoxy) is 2. The fourth-order valence-corrected chi connectivity index (χ4v) is 3.04. The molecule has 1 heterocycles. The van der Waals surface area contributed by atoms with E-state index in [-0.39, 0.29) is 12.2 Å². The number of fused-ring (bicyclic) bond motifs is 1. The zero-order chi connectivity index (χ0) is 15.0. The van der Waals surface area contributed by atoms with Crippen LogP contribution in [0.25, 0.3) is 5.57 Å². The van der Waals surface area contributed by atoms with Crippen LogP contribution in [-0.2, 0) is 9.53 Å². The van der Waals surface area contributed by atoms with Gasteiger partial charge in [-0.25, -0.2) is 0 Å². The minimum absolute atomic E-state index is 0.129. The molecule has 0 radical (unpaired) electrons.